The van der Waals surface area contributed by atoms with E-state index >= 15 is 0 Å². The molecule has 0 spiro atoms. The van der Waals surface area contributed by atoms with Crippen LogP contribution in [0.2, 0.25) is 18.1 Å². The van der Waals surface area contributed by atoms with Crippen LogP contribution in [-0.2, 0) is 4.43 Å². The Bertz CT molecular complexity index is 129. The minimum absolute atomic E-state index is 1.01. The van der Waals surface area contributed by atoms with E-state index in [1.807, 2.05) is 7.11 Å². The summed E-state index contributed by atoms with van der Waals surface area (Å²) in [5.74, 6) is 1.01. The van der Waals surface area contributed by atoms with Crippen LogP contribution in [0.25, 0.3) is 0 Å². The molecule has 0 aliphatic heterocycles. The second-order valence-corrected chi connectivity index (χ2v) is 9.05. The van der Waals surface area contributed by atoms with Crippen molar-refractivity contribution in [1.29, 1.82) is 0 Å². The van der Waals surface area contributed by atoms with Gasteiger partial charge in [0.2, 0.25) is 0 Å². The van der Waals surface area contributed by atoms with E-state index in [2.05, 4.69) is 13.8 Å². The molecule has 0 bridgehead atoms. The SMILES string of the molecule is CC[Si](CC)(CC1CCCC1)OC. The van der Waals surface area contributed by atoms with Crippen molar-refractivity contribution in [3.63, 3.8) is 0 Å². The summed E-state index contributed by atoms with van der Waals surface area (Å²) >= 11 is 0. The van der Waals surface area contributed by atoms with Gasteiger partial charge < -0.3 is 4.43 Å². The third-order valence-electron chi connectivity index (χ3n) is 3.86. The summed E-state index contributed by atoms with van der Waals surface area (Å²) in [5, 5.41) is 0. The molecule has 0 N–H and O–H groups in total. The lowest BCUT2D eigenvalue weighted by Crippen LogP contribution is -2.37. The molecule has 0 aromatic rings. The molecule has 1 fully saturated rings. The van der Waals surface area contributed by atoms with Crippen LogP contribution in [0.15, 0.2) is 0 Å². The Labute approximate surface area is 84.0 Å². The van der Waals surface area contributed by atoms with Gasteiger partial charge in [-0.05, 0) is 24.1 Å². The molecule has 0 aromatic heterocycles. The molecule has 2 heteroatoms. The highest BCUT2D eigenvalue weighted by atomic mass is 28.4. The van der Waals surface area contributed by atoms with Gasteiger partial charge in [0.25, 0.3) is 0 Å². The standard InChI is InChI=1S/C11H24OSi/c1-4-13(5-2,12-3)10-11-8-6-7-9-11/h11H,4-10H2,1-3H3. The average molecular weight is 200 g/mol. The molecule has 0 heterocycles. The van der Waals surface area contributed by atoms with Gasteiger partial charge >= 0.3 is 0 Å². The second-order valence-electron chi connectivity index (χ2n) is 4.45. The smallest absolute Gasteiger partial charge is 0.192 e. The van der Waals surface area contributed by atoms with Gasteiger partial charge in [-0.1, -0.05) is 39.5 Å². The van der Waals surface area contributed by atoms with Crippen molar-refractivity contribution in [3.8, 4) is 0 Å². The number of hydrogen-bond donors (Lipinski definition) is 0. The fourth-order valence-corrected chi connectivity index (χ4v) is 5.93. The van der Waals surface area contributed by atoms with E-state index in [0.29, 0.717) is 0 Å². The summed E-state index contributed by atoms with van der Waals surface area (Å²) in [6.07, 6.45) is 5.87. The van der Waals surface area contributed by atoms with Gasteiger partial charge in [0.05, 0.1) is 0 Å². The lowest BCUT2D eigenvalue weighted by atomic mass is 10.1. The fraction of sp³-hybridized carbons (Fsp3) is 1.00. The van der Waals surface area contributed by atoms with Crippen LogP contribution in [0.3, 0.4) is 0 Å². The predicted molar refractivity (Wildman–Crippen MR) is 60.5 cm³/mol. The maximum atomic E-state index is 5.84. The van der Waals surface area contributed by atoms with Crippen LogP contribution in [0.1, 0.15) is 39.5 Å². The third kappa shape index (κ3) is 2.81. The molecule has 1 aliphatic rings. The van der Waals surface area contributed by atoms with E-state index < -0.39 is 8.32 Å². The molecule has 78 valence electrons. The zero-order valence-electron chi connectivity index (χ0n) is 9.44. The van der Waals surface area contributed by atoms with Crippen molar-refractivity contribution in [2.45, 2.75) is 57.7 Å². The van der Waals surface area contributed by atoms with E-state index in [-0.39, 0.29) is 0 Å². The zero-order valence-corrected chi connectivity index (χ0v) is 10.4. The van der Waals surface area contributed by atoms with Crippen LogP contribution >= 0.6 is 0 Å². The summed E-state index contributed by atoms with van der Waals surface area (Å²) in [5.41, 5.74) is 0. The Kier molecular flexibility index (Phi) is 4.46. The van der Waals surface area contributed by atoms with Crippen LogP contribution in [0.4, 0.5) is 0 Å². The predicted octanol–water partition coefficient (Wildman–Crippen LogP) is 3.81. The molecule has 0 amide bonds. The van der Waals surface area contributed by atoms with Crippen LogP contribution in [0.5, 0.6) is 0 Å². The van der Waals surface area contributed by atoms with Crippen LogP contribution in [-0.4, -0.2) is 15.4 Å². The van der Waals surface area contributed by atoms with E-state index in [0.717, 1.165) is 5.92 Å². The first-order valence-electron chi connectivity index (χ1n) is 5.81. The van der Waals surface area contributed by atoms with Gasteiger partial charge in [-0.3, -0.25) is 0 Å². The van der Waals surface area contributed by atoms with E-state index in [4.69, 9.17) is 4.43 Å². The van der Waals surface area contributed by atoms with Crippen molar-refractivity contribution in [3.05, 3.63) is 0 Å². The van der Waals surface area contributed by atoms with Gasteiger partial charge in [-0.15, -0.1) is 0 Å². The van der Waals surface area contributed by atoms with Gasteiger partial charge in [0.15, 0.2) is 8.32 Å². The summed E-state index contributed by atoms with van der Waals surface area (Å²) in [6.45, 7) is 4.63. The summed E-state index contributed by atoms with van der Waals surface area (Å²) in [7, 11) is 0.656. The fourth-order valence-electron chi connectivity index (χ4n) is 2.65. The molecule has 1 aliphatic carbocycles. The molecule has 0 saturated heterocycles. The third-order valence-corrected chi connectivity index (χ3v) is 8.62. The molecule has 1 saturated carbocycles. The monoisotopic (exact) mass is 200 g/mol. The maximum Gasteiger partial charge on any atom is 0.192 e. The topological polar surface area (TPSA) is 9.23 Å². The Morgan fingerprint density at radius 2 is 1.69 bits per heavy atom. The quantitative estimate of drug-likeness (QED) is 0.613. The van der Waals surface area contributed by atoms with Crippen molar-refractivity contribution < 1.29 is 4.43 Å². The number of rotatable bonds is 5. The molecular formula is C11H24OSi. The summed E-state index contributed by atoms with van der Waals surface area (Å²) in [6, 6.07) is 4.03. The van der Waals surface area contributed by atoms with Crippen molar-refractivity contribution in [2.24, 2.45) is 5.92 Å². The molecule has 0 unspecified atom stereocenters. The van der Waals surface area contributed by atoms with Crippen molar-refractivity contribution >= 4 is 8.32 Å². The molecule has 0 radical (unpaired) electrons. The van der Waals surface area contributed by atoms with Gasteiger partial charge in [0.1, 0.15) is 0 Å². The maximum absolute atomic E-state index is 5.84. The van der Waals surface area contributed by atoms with Crippen molar-refractivity contribution in [2.75, 3.05) is 7.11 Å². The van der Waals surface area contributed by atoms with Crippen LogP contribution in [0, 0.1) is 5.92 Å². The van der Waals surface area contributed by atoms with E-state index in [9.17, 15) is 0 Å². The number of hydrogen-bond acceptors (Lipinski definition) is 1. The average Bonchev–Trinajstić information content (AvgIpc) is 2.67. The lowest BCUT2D eigenvalue weighted by molar-refractivity contribution is 0.379. The van der Waals surface area contributed by atoms with Gasteiger partial charge in [-0.2, -0.15) is 0 Å². The first-order valence-corrected chi connectivity index (χ1v) is 8.34. The first kappa shape index (κ1) is 11.3. The minimum Gasteiger partial charge on any atom is -0.420 e. The highest BCUT2D eigenvalue weighted by Gasteiger charge is 2.33. The molecule has 1 nitrogen and oxygen atoms in total. The van der Waals surface area contributed by atoms with Crippen molar-refractivity contribution in [1.82, 2.24) is 0 Å². The Hall–Kier alpha value is 0.177. The van der Waals surface area contributed by atoms with Gasteiger partial charge in [-0.25, -0.2) is 0 Å². The Morgan fingerprint density at radius 3 is 2.08 bits per heavy atom. The highest BCUT2D eigenvalue weighted by Crippen LogP contribution is 2.35. The highest BCUT2D eigenvalue weighted by molar-refractivity contribution is 6.73. The second kappa shape index (κ2) is 5.16. The molecule has 1 rings (SSSR count). The Balaban J connectivity index is 2.44. The molecule has 0 aromatic carbocycles. The largest absolute Gasteiger partial charge is 0.420 e. The first-order chi connectivity index (χ1) is 6.26. The van der Waals surface area contributed by atoms with Crippen LogP contribution < -0.4 is 0 Å². The molecule has 13 heavy (non-hydrogen) atoms. The molecule has 0 atom stereocenters. The zero-order chi connectivity index (χ0) is 9.73. The minimum atomic E-state index is -1.28. The lowest BCUT2D eigenvalue weighted by Gasteiger charge is -2.29. The van der Waals surface area contributed by atoms with Gasteiger partial charge in [0, 0.05) is 7.11 Å². The van der Waals surface area contributed by atoms with E-state index in [1.165, 1.54) is 43.8 Å². The van der Waals surface area contributed by atoms with E-state index in [1.54, 1.807) is 0 Å². The molecular weight excluding hydrogens is 176 g/mol. The normalized spacial score (nSPS) is 19.6. The Morgan fingerprint density at radius 1 is 1.15 bits per heavy atom. The summed E-state index contributed by atoms with van der Waals surface area (Å²) < 4.78 is 5.84. The summed E-state index contributed by atoms with van der Waals surface area (Å²) in [4.78, 5) is 0.